The van der Waals surface area contributed by atoms with Gasteiger partial charge in [0.1, 0.15) is 0 Å². The first kappa shape index (κ1) is 14.0. The molecule has 5 nitrogen and oxygen atoms in total. The fraction of sp³-hybridized carbons (Fsp3) is 1.00. The molecule has 1 aliphatic carbocycles. The van der Waals surface area contributed by atoms with Gasteiger partial charge in [-0.15, -0.1) is 0 Å². The Balaban J connectivity index is 1.20. The van der Waals surface area contributed by atoms with Crippen molar-refractivity contribution in [2.24, 2.45) is 29.6 Å². The van der Waals surface area contributed by atoms with Crippen LogP contribution < -0.4 is 0 Å². The first-order valence-corrected chi connectivity index (χ1v) is 9.64. The summed E-state index contributed by atoms with van der Waals surface area (Å²) in [5.41, 5.74) is 0. The molecule has 5 saturated heterocycles. The van der Waals surface area contributed by atoms with E-state index in [2.05, 4.69) is 6.92 Å². The fourth-order valence-corrected chi connectivity index (χ4v) is 6.49. The third-order valence-corrected chi connectivity index (χ3v) is 7.24. The lowest BCUT2D eigenvalue weighted by atomic mass is 9.83. The van der Waals surface area contributed by atoms with E-state index >= 15 is 0 Å². The van der Waals surface area contributed by atoms with Crippen molar-refractivity contribution in [3.63, 3.8) is 0 Å². The van der Waals surface area contributed by atoms with Gasteiger partial charge in [-0.2, -0.15) is 0 Å². The van der Waals surface area contributed by atoms with E-state index in [1.165, 1.54) is 38.5 Å². The van der Waals surface area contributed by atoms with E-state index in [9.17, 15) is 0 Å². The van der Waals surface area contributed by atoms with Gasteiger partial charge in [0.05, 0.1) is 0 Å². The Labute approximate surface area is 136 Å². The minimum absolute atomic E-state index is 0.0985. The second-order valence-corrected chi connectivity index (χ2v) is 8.28. The van der Waals surface area contributed by atoms with Crippen LogP contribution in [-0.2, 0) is 23.7 Å². The second-order valence-electron chi connectivity index (χ2n) is 8.28. The molecule has 3 unspecified atom stereocenters. The summed E-state index contributed by atoms with van der Waals surface area (Å²) in [6.45, 7) is 2.26. The van der Waals surface area contributed by atoms with Crippen molar-refractivity contribution in [1.82, 2.24) is 0 Å². The fourth-order valence-electron chi connectivity index (χ4n) is 6.49. The average Bonchev–Trinajstić information content (AvgIpc) is 3.27. The van der Waals surface area contributed by atoms with Crippen LogP contribution in [0.3, 0.4) is 0 Å². The molecule has 0 aromatic heterocycles. The minimum Gasteiger partial charge on any atom is -0.323 e. The van der Waals surface area contributed by atoms with Crippen LogP contribution in [0, 0.1) is 29.6 Å². The zero-order chi connectivity index (χ0) is 15.2. The van der Waals surface area contributed by atoms with Crippen molar-refractivity contribution in [3.8, 4) is 0 Å². The SMILES string of the molecule is CCCCCCCCC12OC3O[C@H]4O[C@H]5O[C@@H](O1)[C@H]1C2[C@@H]3[C@@H]4[C@@H]51. The van der Waals surface area contributed by atoms with Gasteiger partial charge in [0.25, 0.3) is 0 Å². The molecule has 5 heterocycles. The number of rotatable bonds is 7. The normalized spacial score (nSPS) is 59.6. The maximum atomic E-state index is 6.37. The zero-order valence-electron chi connectivity index (χ0n) is 13.7. The zero-order valence-corrected chi connectivity index (χ0v) is 13.7. The lowest BCUT2D eigenvalue weighted by Crippen LogP contribution is -2.38. The topological polar surface area (TPSA) is 46.2 Å². The molecule has 1 saturated carbocycles. The summed E-state index contributed by atoms with van der Waals surface area (Å²) in [5.74, 6) is 1.90. The van der Waals surface area contributed by atoms with Crippen LogP contribution in [-0.4, -0.2) is 30.9 Å². The molecule has 6 aliphatic rings. The molecule has 6 fully saturated rings. The maximum absolute atomic E-state index is 6.37. The Morgan fingerprint density at radius 1 is 0.652 bits per heavy atom. The molecule has 0 aromatic carbocycles. The Kier molecular flexibility index (Phi) is 2.86. The van der Waals surface area contributed by atoms with Gasteiger partial charge < -0.3 is 23.7 Å². The smallest absolute Gasteiger partial charge is 0.178 e. The summed E-state index contributed by atoms with van der Waals surface area (Å²) in [6, 6.07) is 0. The Morgan fingerprint density at radius 3 is 1.87 bits per heavy atom. The average molecular weight is 322 g/mol. The van der Waals surface area contributed by atoms with Crippen LogP contribution in [0.15, 0.2) is 0 Å². The van der Waals surface area contributed by atoms with Crippen molar-refractivity contribution in [2.45, 2.75) is 82.8 Å². The summed E-state index contributed by atoms with van der Waals surface area (Å²) in [4.78, 5) is 0. The van der Waals surface area contributed by atoms with Crippen molar-refractivity contribution < 1.29 is 23.7 Å². The monoisotopic (exact) mass is 322 g/mol. The number of ether oxygens (including phenoxy) is 5. The molecule has 6 rings (SSSR count). The first-order valence-electron chi connectivity index (χ1n) is 9.64. The molecule has 5 heteroatoms. The van der Waals surface area contributed by atoms with E-state index in [-0.39, 0.29) is 25.2 Å². The van der Waals surface area contributed by atoms with E-state index in [0.717, 1.165) is 6.42 Å². The molecule has 0 spiro atoms. The van der Waals surface area contributed by atoms with Gasteiger partial charge in [-0.3, -0.25) is 0 Å². The van der Waals surface area contributed by atoms with E-state index < -0.39 is 5.79 Å². The maximum Gasteiger partial charge on any atom is 0.178 e. The third-order valence-electron chi connectivity index (χ3n) is 7.24. The van der Waals surface area contributed by atoms with Crippen molar-refractivity contribution in [3.05, 3.63) is 0 Å². The predicted octanol–water partition coefficient (Wildman–Crippen LogP) is 2.98. The quantitative estimate of drug-likeness (QED) is 0.674. The van der Waals surface area contributed by atoms with E-state index in [1.54, 1.807) is 0 Å². The molecule has 23 heavy (non-hydrogen) atoms. The Bertz CT molecular complexity index is 478. The lowest BCUT2D eigenvalue weighted by Gasteiger charge is -2.31. The highest BCUT2D eigenvalue weighted by Gasteiger charge is 2.83. The molecular formula is C18H26O5. The summed E-state index contributed by atoms with van der Waals surface area (Å²) < 4.78 is 30.7. The number of hydrogen-bond acceptors (Lipinski definition) is 5. The Morgan fingerprint density at radius 2 is 1.22 bits per heavy atom. The van der Waals surface area contributed by atoms with E-state index in [1.807, 2.05) is 0 Å². The molecule has 0 amide bonds. The lowest BCUT2D eigenvalue weighted by molar-refractivity contribution is -0.356. The largest absolute Gasteiger partial charge is 0.323 e. The van der Waals surface area contributed by atoms with E-state index in [4.69, 9.17) is 23.7 Å². The van der Waals surface area contributed by atoms with Crippen LogP contribution in [0.5, 0.6) is 0 Å². The molecule has 5 aliphatic heterocycles. The molecule has 0 bridgehead atoms. The van der Waals surface area contributed by atoms with Gasteiger partial charge in [0.2, 0.25) is 0 Å². The van der Waals surface area contributed by atoms with Crippen LogP contribution in [0.25, 0.3) is 0 Å². The second kappa shape index (κ2) is 4.70. The van der Waals surface area contributed by atoms with Crippen molar-refractivity contribution in [1.29, 1.82) is 0 Å². The van der Waals surface area contributed by atoms with Crippen LogP contribution in [0.2, 0.25) is 0 Å². The highest BCUT2D eigenvalue weighted by atomic mass is 16.9. The van der Waals surface area contributed by atoms with Gasteiger partial charge in [-0.25, -0.2) is 0 Å². The summed E-state index contributed by atoms with van der Waals surface area (Å²) in [5, 5.41) is 0. The molecule has 10 atom stereocenters. The molecule has 0 N–H and O–H groups in total. The summed E-state index contributed by atoms with van der Waals surface area (Å²) >= 11 is 0. The summed E-state index contributed by atoms with van der Waals surface area (Å²) in [7, 11) is 0. The van der Waals surface area contributed by atoms with Crippen LogP contribution in [0.4, 0.5) is 0 Å². The first-order chi connectivity index (χ1) is 11.3. The van der Waals surface area contributed by atoms with E-state index in [0.29, 0.717) is 29.6 Å². The third kappa shape index (κ3) is 1.61. The summed E-state index contributed by atoms with van der Waals surface area (Å²) in [6.07, 6.45) is 8.35. The number of unbranched alkanes of at least 4 members (excludes halogenated alkanes) is 5. The molecule has 0 radical (unpaired) electrons. The van der Waals surface area contributed by atoms with Gasteiger partial charge in [-0.1, -0.05) is 39.0 Å². The van der Waals surface area contributed by atoms with Crippen molar-refractivity contribution >= 4 is 0 Å². The van der Waals surface area contributed by atoms with Crippen LogP contribution >= 0.6 is 0 Å². The van der Waals surface area contributed by atoms with Gasteiger partial charge in [0, 0.05) is 36.0 Å². The standard InChI is InChI=1S/C18H26O5/c1-2-3-4-5-6-7-8-18-13-11-9-10-12(13)17(23-18)21-15(10)19-14(9)20-16(11)22-18/h9-17H,2-8H2,1H3/t9-,10+,11-,12+,13?,14+,15-,16+,17?,18?/m1/s1. The predicted molar refractivity (Wildman–Crippen MR) is 78.8 cm³/mol. The van der Waals surface area contributed by atoms with Gasteiger partial charge >= 0.3 is 0 Å². The van der Waals surface area contributed by atoms with Gasteiger partial charge in [-0.05, 0) is 6.42 Å². The van der Waals surface area contributed by atoms with Gasteiger partial charge in [0.15, 0.2) is 30.9 Å². The molecule has 128 valence electrons. The number of hydrogen-bond donors (Lipinski definition) is 0. The molecule has 0 aromatic rings. The minimum atomic E-state index is -0.435. The highest BCUT2D eigenvalue weighted by molar-refractivity contribution is 5.19. The van der Waals surface area contributed by atoms with Crippen molar-refractivity contribution in [2.75, 3.05) is 0 Å². The highest BCUT2D eigenvalue weighted by Crippen LogP contribution is 2.74. The van der Waals surface area contributed by atoms with Crippen LogP contribution in [0.1, 0.15) is 51.9 Å². The molecular weight excluding hydrogens is 296 g/mol. The Hall–Kier alpha value is -0.200.